The van der Waals surface area contributed by atoms with E-state index in [1.807, 2.05) is 18.2 Å². The first kappa shape index (κ1) is 24.3. The fourth-order valence-corrected chi connectivity index (χ4v) is 5.05. The number of aryl methyl sites for hydroxylation is 1. The van der Waals surface area contributed by atoms with Crippen molar-refractivity contribution in [3.8, 4) is 22.3 Å². The molecule has 1 fully saturated rings. The van der Waals surface area contributed by atoms with Crippen LogP contribution in [-0.2, 0) is 6.42 Å². The highest BCUT2D eigenvalue weighted by molar-refractivity contribution is 5.71. The van der Waals surface area contributed by atoms with E-state index in [-0.39, 0.29) is 11.4 Å². The zero-order valence-corrected chi connectivity index (χ0v) is 19.9. The summed E-state index contributed by atoms with van der Waals surface area (Å²) in [5, 5.41) is 0. The summed E-state index contributed by atoms with van der Waals surface area (Å²) in [6.45, 7) is 5.96. The molecule has 0 heterocycles. The average molecular weight is 463 g/mol. The molecule has 1 aliphatic carbocycles. The second-order valence-corrected chi connectivity index (χ2v) is 9.71. The topological polar surface area (TPSA) is 0 Å². The fraction of sp³-hybridized carbons (Fsp3) is 0.355. The number of unbranched alkanes of at least 4 members (excludes halogenated alkanes) is 2. The van der Waals surface area contributed by atoms with Crippen molar-refractivity contribution in [1.29, 1.82) is 0 Å². The molecule has 4 rings (SSSR count). The van der Waals surface area contributed by atoms with E-state index in [0.29, 0.717) is 29.0 Å². The maximum Gasteiger partial charge on any atom is 0.166 e. The third-order valence-electron chi connectivity index (χ3n) is 7.25. The standard InChI is InChI=1S/C31H33F3/c1-3-4-5-6-7-25-16-19-28(31(34)30(25)33)24-14-12-23(13-15-24)27-18-17-26(20-29(27)32)22-10-8-21(2)9-11-22/h3,12-22H,1,4-11H2,2H3. The van der Waals surface area contributed by atoms with E-state index >= 15 is 0 Å². The number of hydrogen-bond acceptors (Lipinski definition) is 0. The summed E-state index contributed by atoms with van der Waals surface area (Å²) in [4.78, 5) is 0. The number of benzene rings is 3. The minimum absolute atomic E-state index is 0.223. The van der Waals surface area contributed by atoms with Gasteiger partial charge in [-0.3, -0.25) is 0 Å². The Morgan fingerprint density at radius 2 is 1.44 bits per heavy atom. The van der Waals surface area contributed by atoms with Crippen molar-refractivity contribution >= 4 is 0 Å². The van der Waals surface area contributed by atoms with Crippen LogP contribution in [0.15, 0.2) is 67.3 Å². The van der Waals surface area contributed by atoms with Crippen LogP contribution in [0.2, 0.25) is 0 Å². The molecule has 0 saturated heterocycles. The van der Waals surface area contributed by atoms with Gasteiger partial charge < -0.3 is 0 Å². The van der Waals surface area contributed by atoms with Gasteiger partial charge in [0.25, 0.3) is 0 Å². The highest BCUT2D eigenvalue weighted by Gasteiger charge is 2.21. The molecule has 3 heteroatoms. The summed E-state index contributed by atoms with van der Waals surface area (Å²) >= 11 is 0. The molecule has 0 amide bonds. The minimum atomic E-state index is -0.827. The third-order valence-corrected chi connectivity index (χ3v) is 7.25. The van der Waals surface area contributed by atoms with Crippen LogP contribution in [0.5, 0.6) is 0 Å². The predicted octanol–water partition coefficient (Wildman–Crippen LogP) is 9.63. The van der Waals surface area contributed by atoms with Crippen molar-refractivity contribution in [2.24, 2.45) is 5.92 Å². The van der Waals surface area contributed by atoms with Crippen LogP contribution >= 0.6 is 0 Å². The number of rotatable bonds is 8. The Bertz CT molecular complexity index is 1120. The Hall–Kier alpha value is -2.81. The third kappa shape index (κ3) is 5.46. The maximum atomic E-state index is 15.0. The molecule has 0 N–H and O–H groups in total. The molecule has 0 aliphatic heterocycles. The quantitative estimate of drug-likeness (QED) is 0.231. The Labute approximate surface area is 201 Å². The second kappa shape index (κ2) is 11.1. The minimum Gasteiger partial charge on any atom is -0.206 e. The molecule has 0 bridgehead atoms. The zero-order chi connectivity index (χ0) is 24.1. The van der Waals surface area contributed by atoms with E-state index in [2.05, 4.69) is 13.5 Å². The van der Waals surface area contributed by atoms with Crippen LogP contribution in [-0.4, -0.2) is 0 Å². The first-order valence-electron chi connectivity index (χ1n) is 12.5. The van der Waals surface area contributed by atoms with Gasteiger partial charge in [0.1, 0.15) is 5.82 Å². The SMILES string of the molecule is C=CCCCCc1ccc(-c2ccc(-c3ccc(C4CCC(C)CC4)cc3F)cc2)c(F)c1F. The van der Waals surface area contributed by atoms with E-state index < -0.39 is 11.6 Å². The van der Waals surface area contributed by atoms with Crippen LogP contribution in [0, 0.1) is 23.4 Å². The lowest BCUT2D eigenvalue weighted by atomic mass is 9.79. The van der Waals surface area contributed by atoms with E-state index in [1.165, 1.54) is 12.8 Å². The van der Waals surface area contributed by atoms with Gasteiger partial charge in [0, 0.05) is 11.1 Å². The second-order valence-electron chi connectivity index (χ2n) is 9.71. The monoisotopic (exact) mass is 462 g/mol. The van der Waals surface area contributed by atoms with Crippen molar-refractivity contribution in [2.75, 3.05) is 0 Å². The van der Waals surface area contributed by atoms with Crippen molar-refractivity contribution in [2.45, 2.75) is 64.2 Å². The first-order chi connectivity index (χ1) is 16.5. The molecule has 178 valence electrons. The Balaban J connectivity index is 1.50. The van der Waals surface area contributed by atoms with Gasteiger partial charge in [0.05, 0.1) is 0 Å². The lowest BCUT2D eigenvalue weighted by molar-refractivity contribution is 0.347. The summed E-state index contributed by atoms with van der Waals surface area (Å²) in [5.74, 6) is -0.646. The summed E-state index contributed by atoms with van der Waals surface area (Å²) in [6.07, 6.45) is 9.54. The molecule has 1 aliphatic rings. The van der Waals surface area contributed by atoms with Crippen molar-refractivity contribution < 1.29 is 13.2 Å². The lowest BCUT2D eigenvalue weighted by Gasteiger charge is -2.26. The fourth-order valence-electron chi connectivity index (χ4n) is 5.05. The van der Waals surface area contributed by atoms with Gasteiger partial charge in [-0.05, 0) is 78.7 Å². The normalized spacial score (nSPS) is 18.1. The van der Waals surface area contributed by atoms with Crippen molar-refractivity contribution in [3.63, 3.8) is 0 Å². The Morgan fingerprint density at radius 3 is 2.09 bits per heavy atom. The summed E-state index contributed by atoms with van der Waals surface area (Å²) < 4.78 is 44.4. The van der Waals surface area contributed by atoms with Crippen molar-refractivity contribution in [3.05, 3.63) is 95.8 Å². The molecule has 3 aromatic carbocycles. The number of hydrogen-bond donors (Lipinski definition) is 0. The van der Waals surface area contributed by atoms with Crippen LogP contribution in [0.4, 0.5) is 13.2 Å². The van der Waals surface area contributed by atoms with E-state index in [4.69, 9.17) is 0 Å². The van der Waals surface area contributed by atoms with Gasteiger partial charge >= 0.3 is 0 Å². The van der Waals surface area contributed by atoms with E-state index in [1.54, 1.807) is 42.5 Å². The summed E-state index contributed by atoms with van der Waals surface area (Å²) in [6, 6.07) is 15.9. The summed E-state index contributed by atoms with van der Waals surface area (Å²) in [5.41, 5.74) is 3.53. The van der Waals surface area contributed by atoms with E-state index in [9.17, 15) is 13.2 Å². The molecule has 0 spiro atoms. The lowest BCUT2D eigenvalue weighted by Crippen LogP contribution is -2.11. The van der Waals surface area contributed by atoms with Gasteiger partial charge in [-0.1, -0.05) is 74.4 Å². The average Bonchev–Trinajstić information content (AvgIpc) is 2.85. The molecular formula is C31H33F3. The van der Waals surface area contributed by atoms with Gasteiger partial charge in [0.15, 0.2) is 11.6 Å². The molecule has 1 saturated carbocycles. The molecule has 34 heavy (non-hydrogen) atoms. The maximum absolute atomic E-state index is 15.0. The first-order valence-corrected chi connectivity index (χ1v) is 12.5. The van der Waals surface area contributed by atoms with Gasteiger partial charge in [-0.15, -0.1) is 6.58 Å². The summed E-state index contributed by atoms with van der Waals surface area (Å²) in [7, 11) is 0. The van der Waals surface area contributed by atoms with Crippen LogP contribution < -0.4 is 0 Å². The van der Waals surface area contributed by atoms with Crippen LogP contribution in [0.25, 0.3) is 22.3 Å². The highest BCUT2D eigenvalue weighted by atomic mass is 19.2. The zero-order valence-electron chi connectivity index (χ0n) is 19.9. The Kier molecular flexibility index (Phi) is 7.92. The van der Waals surface area contributed by atoms with E-state index in [0.717, 1.165) is 49.1 Å². The molecule has 0 radical (unpaired) electrons. The molecule has 0 unspecified atom stereocenters. The largest absolute Gasteiger partial charge is 0.206 e. The Morgan fingerprint density at radius 1 is 0.794 bits per heavy atom. The number of halogens is 3. The van der Waals surface area contributed by atoms with Crippen LogP contribution in [0.1, 0.15) is 68.9 Å². The molecule has 3 aromatic rings. The highest BCUT2D eigenvalue weighted by Crippen LogP contribution is 2.37. The predicted molar refractivity (Wildman–Crippen MR) is 135 cm³/mol. The van der Waals surface area contributed by atoms with Crippen molar-refractivity contribution in [1.82, 2.24) is 0 Å². The van der Waals surface area contributed by atoms with Crippen LogP contribution in [0.3, 0.4) is 0 Å². The van der Waals surface area contributed by atoms with Gasteiger partial charge in [-0.2, -0.15) is 0 Å². The molecule has 0 aromatic heterocycles. The smallest absolute Gasteiger partial charge is 0.166 e. The van der Waals surface area contributed by atoms with Gasteiger partial charge in [0.2, 0.25) is 0 Å². The molecule has 0 nitrogen and oxygen atoms in total. The molecular weight excluding hydrogens is 429 g/mol. The van der Waals surface area contributed by atoms with Gasteiger partial charge in [-0.25, -0.2) is 13.2 Å². The molecule has 0 atom stereocenters. The number of allylic oxidation sites excluding steroid dienone is 1.